The highest BCUT2D eigenvalue weighted by atomic mass is 16.5. The summed E-state index contributed by atoms with van der Waals surface area (Å²) < 4.78 is 21.1. The van der Waals surface area contributed by atoms with E-state index in [0.717, 1.165) is 11.1 Å². The Kier molecular flexibility index (Phi) is 6.89. The lowest BCUT2D eigenvalue weighted by Crippen LogP contribution is -2.04. The van der Waals surface area contributed by atoms with Crippen molar-refractivity contribution in [3.8, 4) is 17.2 Å². The van der Waals surface area contributed by atoms with Crippen LogP contribution in [0.25, 0.3) is 6.08 Å². The fourth-order valence-corrected chi connectivity index (χ4v) is 2.41. The Morgan fingerprint density at radius 2 is 1.64 bits per heavy atom. The molecule has 0 atom stereocenters. The Morgan fingerprint density at radius 3 is 2.28 bits per heavy atom. The lowest BCUT2D eigenvalue weighted by atomic mass is 10.1. The molecule has 0 saturated carbocycles. The third-order valence-electron chi connectivity index (χ3n) is 3.64. The molecule has 0 aliphatic carbocycles. The van der Waals surface area contributed by atoms with Crippen molar-refractivity contribution in [2.75, 3.05) is 21.3 Å². The number of methoxy groups -OCH3 is 3. The van der Waals surface area contributed by atoms with Crippen LogP contribution < -0.4 is 14.2 Å². The topological polar surface area (TPSA) is 54.0 Å². The smallest absolute Gasteiger partial charge is 0.310 e. The summed E-state index contributed by atoms with van der Waals surface area (Å²) in [6, 6.07) is 13.3. The molecule has 0 bridgehead atoms. The first-order valence-corrected chi connectivity index (χ1v) is 7.88. The Labute approximate surface area is 147 Å². The molecule has 0 radical (unpaired) electrons. The first kappa shape index (κ1) is 18.4. The molecule has 0 heterocycles. The highest BCUT2D eigenvalue weighted by Gasteiger charge is 2.16. The minimum absolute atomic E-state index is 0.227. The van der Waals surface area contributed by atoms with Crippen LogP contribution in [0.2, 0.25) is 0 Å². The minimum Gasteiger partial charge on any atom is -0.493 e. The van der Waals surface area contributed by atoms with Gasteiger partial charge in [0.25, 0.3) is 0 Å². The molecule has 0 unspecified atom stereocenters. The van der Waals surface area contributed by atoms with Crippen molar-refractivity contribution in [1.29, 1.82) is 0 Å². The van der Waals surface area contributed by atoms with Crippen LogP contribution in [0.4, 0.5) is 0 Å². The molecule has 0 spiro atoms. The molecule has 0 aromatic heterocycles. The van der Waals surface area contributed by atoms with Gasteiger partial charge in [-0.15, -0.1) is 0 Å². The Balaban J connectivity index is 1.96. The molecule has 132 valence electrons. The van der Waals surface area contributed by atoms with E-state index in [4.69, 9.17) is 18.9 Å². The van der Waals surface area contributed by atoms with E-state index in [-0.39, 0.29) is 12.4 Å². The number of carbonyl (C=O) groups excluding carboxylic acids is 1. The number of ether oxygens (including phenoxy) is 4. The van der Waals surface area contributed by atoms with Crippen LogP contribution in [0.15, 0.2) is 48.7 Å². The van der Waals surface area contributed by atoms with Crippen molar-refractivity contribution >= 4 is 12.0 Å². The summed E-state index contributed by atoms with van der Waals surface area (Å²) in [5.74, 6) is 1.34. The minimum atomic E-state index is -0.316. The van der Waals surface area contributed by atoms with Gasteiger partial charge >= 0.3 is 5.97 Å². The van der Waals surface area contributed by atoms with Gasteiger partial charge in [-0.1, -0.05) is 36.4 Å². The molecule has 5 nitrogen and oxygen atoms in total. The van der Waals surface area contributed by atoms with E-state index < -0.39 is 0 Å². The lowest BCUT2D eigenvalue weighted by molar-refractivity contribution is -0.137. The van der Waals surface area contributed by atoms with E-state index >= 15 is 0 Å². The number of rotatable bonds is 8. The van der Waals surface area contributed by atoms with Gasteiger partial charge in [-0.25, -0.2) is 0 Å². The highest BCUT2D eigenvalue weighted by molar-refractivity contribution is 5.71. The molecule has 0 amide bonds. The number of esters is 1. The summed E-state index contributed by atoms with van der Waals surface area (Å²) in [4.78, 5) is 11.9. The average Bonchev–Trinajstić information content (AvgIpc) is 2.66. The normalized spacial score (nSPS) is 10.5. The molecular weight excluding hydrogens is 320 g/mol. The number of hydrogen-bond donors (Lipinski definition) is 0. The summed E-state index contributed by atoms with van der Waals surface area (Å²) in [5, 5.41) is 0. The summed E-state index contributed by atoms with van der Waals surface area (Å²) in [7, 11) is 4.67. The average molecular weight is 342 g/mol. The maximum atomic E-state index is 11.9. The number of hydrogen-bond acceptors (Lipinski definition) is 5. The molecule has 0 saturated heterocycles. The van der Waals surface area contributed by atoms with Crippen molar-refractivity contribution < 1.29 is 23.7 Å². The van der Waals surface area contributed by atoms with E-state index in [1.165, 1.54) is 6.26 Å². The third kappa shape index (κ3) is 5.01. The van der Waals surface area contributed by atoms with Gasteiger partial charge in [-0.05, 0) is 29.7 Å². The van der Waals surface area contributed by atoms with Crippen molar-refractivity contribution in [3.05, 3.63) is 59.9 Å². The van der Waals surface area contributed by atoms with Crippen molar-refractivity contribution in [1.82, 2.24) is 0 Å². The van der Waals surface area contributed by atoms with Gasteiger partial charge in [0.2, 0.25) is 5.75 Å². The van der Waals surface area contributed by atoms with Crippen LogP contribution in [-0.4, -0.2) is 27.3 Å². The predicted octanol–water partition coefficient (Wildman–Crippen LogP) is 3.86. The van der Waals surface area contributed by atoms with Gasteiger partial charge in [0.05, 0.1) is 34.0 Å². The second-order valence-corrected chi connectivity index (χ2v) is 5.20. The molecule has 5 heteroatoms. The van der Waals surface area contributed by atoms with E-state index in [2.05, 4.69) is 0 Å². The first-order chi connectivity index (χ1) is 12.2. The summed E-state index contributed by atoms with van der Waals surface area (Å²) >= 11 is 0. The zero-order chi connectivity index (χ0) is 18.1. The van der Waals surface area contributed by atoms with Crippen molar-refractivity contribution in [2.45, 2.75) is 12.8 Å². The molecule has 0 aliphatic heterocycles. The van der Waals surface area contributed by atoms with Crippen LogP contribution in [0.3, 0.4) is 0 Å². The molecule has 2 rings (SSSR count). The Hall–Kier alpha value is -2.95. The van der Waals surface area contributed by atoms with Crippen LogP contribution in [0.1, 0.15) is 17.5 Å². The van der Waals surface area contributed by atoms with Gasteiger partial charge in [0.1, 0.15) is 0 Å². The fraction of sp³-hybridized carbons (Fsp3) is 0.250. The van der Waals surface area contributed by atoms with Gasteiger partial charge < -0.3 is 18.9 Å². The second kappa shape index (κ2) is 9.37. The molecule has 0 aliphatic rings. The molecule has 25 heavy (non-hydrogen) atoms. The second-order valence-electron chi connectivity index (χ2n) is 5.20. The van der Waals surface area contributed by atoms with Crippen LogP contribution in [-0.2, 0) is 16.0 Å². The monoisotopic (exact) mass is 342 g/mol. The lowest BCUT2D eigenvalue weighted by Gasteiger charge is -2.15. The molecule has 0 fully saturated rings. The first-order valence-electron chi connectivity index (χ1n) is 7.88. The molecule has 0 N–H and O–H groups in total. The van der Waals surface area contributed by atoms with Crippen LogP contribution in [0.5, 0.6) is 17.2 Å². The predicted molar refractivity (Wildman–Crippen MR) is 96.0 cm³/mol. The fourth-order valence-electron chi connectivity index (χ4n) is 2.41. The zero-order valence-corrected chi connectivity index (χ0v) is 14.7. The van der Waals surface area contributed by atoms with E-state index in [1.807, 2.05) is 36.4 Å². The Morgan fingerprint density at radius 1 is 0.920 bits per heavy atom. The van der Waals surface area contributed by atoms with Crippen LogP contribution >= 0.6 is 0 Å². The van der Waals surface area contributed by atoms with E-state index in [0.29, 0.717) is 23.7 Å². The third-order valence-corrected chi connectivity index (χ3v) is 3.64. The summed E-state index contributed by atoms with van der Waals surface area (Å²) in [6.45, 7) is 0. The van der Waals surface area contributed by atoms with E-state index in [1.54, 1.807) is 33.5 Å². The summed E-state index contributed by atoms with van der Waals surface area (Å²) in [5.41, 5.74) is 1.82. The number of carbonyl (C=O) groups is 1. The number of aryl methyl sites for hydroxylation is 1. The SMILES string of the molecule is COc1ccc(CCC(=O)OC=Cc2ccccc2)c(OC)c1OC. The number of benzene rings is 2. The van der Waals surface area contributed by atoms with Gasteiger partial charge in [-0.3, -0.25) is 4.79 Å². The standard InChI is InChI=1S/C20H22O5/c1-22-17-11-9-16(19(23-2)20(17)24-3)10-12-18(21)25-14-13-15-7-5-4-6-8-15/h4-9,11,13-14H,10,12H2,1-3H3. The maximum absolute atomic E-state index is 11.9. The molecule has 2 aromatic carbocycles. The van der Waals surface area contributed by atoms with Crippen molar-refractivity contribution in [2.24, 2.45) is 0 Å². The largest absolute Gasteiger partial charge is 0.493 e. The van der Waals surface area contributed by atoms with Gasteiger partial charge in [0, 0.05) is 0 Å². The van der Waals surface area contributed by atoms with E-state index in [9.17, 15) is 4.79 Å². The van der Waals surface area contributed by atoms with Gasteiger partial charge in [-0.2, -0.15) is 0 Å². The quantitative estimate of drug-likeness (QED) is 0.539. The van der Waals surface area contributed by atoms with Crippen molar-refractivity contribution in [3.63, 3.8) is 0 Å². The summed E-state index contributed by atoms with van der Waals surface area (Å²) in [6.07, 6.45) is 3.85. The maximum Gasteiger partial charge on any atom is 0.310 e. The molecular formula is C20H22O5. The zero-order valence-electron chi connectivity index (χ0n) is 14.7. The van der Waals surface area contributed by atoms with Gasteiger partial charge in [0.15, 0.2) is 11.5 Å². The van der Waals surface area contributed by atoms with Crippen LogP contribution in [0, 0.1) is 0 Å². The molecule has 2 aromatic rings. The highest BCUT2D eigenvalue weighted by Crippen LogP contribution is 2.40. The Bertz CT molecular complexity index is 722.